The molecule has 3 rings (SSSR count). The van der Waals surface area contributed by atoms with Gasteiger partial charge >= 0.3 is 0 Å². The van der Waals surface area contributed by atoms with Crippen molar-refractivity contribution in [1.82, 2.24) is 4.98 Å². The highest BCUT2D eigenvalue weighted by molar-refractivity contribution is 5.85. The maximum atomic E-state index is 4.25. The van der Waals surface area contributed by atoms with E-state index in [0.717, 1.165) is 6.54 Å². The SMILES string of the molecule is Cc1cncc(CN(C)c2ccc3ccccc3c2)c1. The van der Waals surface area contributed by atoms with Gasteiger partial charge in [-0.2, -0.15) is 0 Å². The summed E-state index contributed by atoms with van der Waals surface area (Å²) in [5.74, 6) is 0. The molecule has 0 radical (unpaired) electrons. The van der Waals surface area contributed by atoms with Crippen LogP contribution in [0.2, 0.25) is 0 Å². The van der Waals surface area contributed by atoms with E-state index >= 15 is 0 Å². The summed E-state index contributed by atoms with van der Waals surface area (Å²) in [6, 6.07) is 17.2. The van der Waals surface area contributed by atoms with Crippen LogP contribution in [0.5, 0.6) is 0 Å². The third kappa shape index (κ3) is 2.64. The van der Waals surface area contributed by atoms with Gasteiger partial charge in [-0.05, 0) is 41.0 Å². The quantitative estimate of drug-likeness (QED) is 0.704. The van der Waals surface area contributed by atoms with Gasteiger partial charge in [0.15, 0.2) is 0 Å². The fourth-order valence-electron chi connectivity index (χ4n) is 2.48. The molecular weight excluding hydrogens is 244 g/mol. The summed E-state index contributed by atoms with van der Waals surface area (Å²) in [5.41, 5.74) is 3.67. The molecule has 100 valence electrons. The van der Waals surface area contributed by atoms with Crippen LogP contribution in [-0.2, 0) is 6.54 Å². The van der Waals surface area contributed by atoms with Crippen molar-refractivity contribution in [3.05, 3.63) is 72.1 Å². The van der Waals surface area contributed by atoms with E-state index in [1.165, 1.54) is 27.6 Å². The lowest BCUT2D eigenvalue weighted by atomic mass is 10.1. The molecule has 1 heterocycles. The lowest BCUT2D eigenvalue weighted by Crippen LogP contribution is -2.16. The third-order valence-electron chi connectivity index (χ3n) is 3.53. The molecule has 0 bridgehead atoms. The van der Waals surface area contributed by atoms with Gasteiger partial charge in [0.2, 0.25) is 0 Å². The lowest BCUT2D eigenvalue weighted by Gasteiger charge is -2.20. The summed E-state index contributed by atoms with van der Waals surface area (Å²) >= 11 is 0. The number of rotatable bonds is 3. The molecule has 0 aliphatic heterocycles. The average Bonchev–Trinajstić information content (AvgIpc) is 2.47. The van der Waals surface area contributed by atoms with Gasteiger partial charge in [0.25, 0.3) is 0 Å². The second-order valence-corrected chi connectivity index (χ2v) is 5.26. The van der Waals surface area contributed by atoms with Crippen LogP contribution in [0.15, 0.2) is 60.9 Å². The Kier molecular flexibility index (Phi) is 3.38. The molecule has 2 nitrogen and oxygen atoms in total. The molecule has 20 heavy (non-hydrogen) atoms. The summed E-state index contributed by atoms with van der Waals surface area (Å²) in [6.45, 7) is 2.94. The van der Waals surface area contributed by atoms with E-state index in [2.05, 4.69) is 72.4 Å². The second-order valence-electron chi connectivity index (χ2n) is 5.26. The molecule has 3 aromatic rings. The number of pyridine rings is 1. The van der Waals surface area contributed by atoms with Gasteiger partial charge in [0, 0.05) is 31.7 Å². The summed E-state index contributed by atoms with van der Waals surface area (Å²) in [7, 11) is 2.12. The van der Waals surface area contributed by atoms with Gasteiger partial charge in [-0.25, -0.2) is 0 Å². The Morgan fingerprint density at radius 1 is 0.950 bits per heavy atom. The zero-order valence-corrected chi connectivity index (χ0v) is 11.9. The van der Waals surface area contributed by atoms with Crippen LogP contribution in [0.3, 0.4) is 0 Å². The summed E-state index contributed by atoms with van der Waals surface area (Å²) in [6.07, 6.45) is 3.82. The Morgan fingerprint density at radius 3 is 2.55 bits per heavy atom. The molecule has 0 atom stereocenters. The fourth-order valence-corrected chi connectivity index (χ4v) is 2.48. The number of anilines is 1. The zero-order chi connectivity index (χ0) is 13.9. The Labute approximate surface area is 119 Å². The minimum absolute atomic E-state index is 0.868. The number of hydrogen-bond donors (Lipinski definition) is 0. The maximum absolute atomic E-state index is 4.25. The van der Waals surface area contributed by atoms with Crippen molar-refractivity contribution in [2.24, 2.45) is 0 Å². The van der Waals surface area contributed by atoms with Crippen LogP contribution in [0.4, 0.5) is 5.69 Å². The van der Waals surface area contributed by atoms with Crippen molar-refractivity contribution in [2.45, 2.75) is 13.5 Å². The highest BCUT2D eigenvalue weighted by atomic mass is 15.1. The van der Waals surface area contributed by atoms with Crippen molar-refractivity contribution >= 4 is 16.5 Å². The molecule has 2 aromatic carbocycles. The van der Waals surface area contributed by atoms with E-state index in [9.17, 15) is 0 Å². The number of aryl methyl sites for hydroxylation is 1. The molecular formula is C18H18N2. The van der Waals surface area contributed by atoms with Gasteiger partial charge in [-0.15, -0.1) is 0 Å². The number of hydrogen-bond acceptors (Lipinski definition) is 2. The minimum atomic E-state index is 0.868. The molecule has 0 unspecified atom stereocenters. The first-order valence-electron chi connectivity index (χ1n) is 6.83. The number of nitrogens with zero attached hydrogens (tertiary/aromatic N) is 2. The maximum Gasteiger partial charge on any atom is 0.0441 e. The zero-order valence-electron chi connectivity index (χ0n) is 11.9. The minimum Gasteiger partial charge on any atom is -0.370 e. The van der Waals surface area contributed by atoms with Crippen molar-refractivity contribution in [2.75, 3.05) is 11.9 Å². The van der Waals surface area contributed by atoms with Crippen LogP contribution in [0.25, 0.3) is 10.8 Å². The first kappa shape index (κ1) is 12.7. The normalized spacial score (nSPS) is 10.7. The van der Waals surface area contributed by atoms with E-state index < -0.39 is 0 Å². The van der Waals surface area contributed by atoms with Crippen LogP contribution in [0, 0.1) is 6.92 Å². The molecule has 0 spiro atoms. The van der Waals surface area contributed by atoms with Crippen molar-refractivity contribution in [1.29, 1.82) is 0 Å². The molecule has 0 fully saturated rings. The van der Waals surface area contributed by atoms with Gasteiger partial charge in [0.1, 0.15) is 0 Å². The topological polar surface area (TPSA) is 16.1 Å². The third-order valence-corrected chi connectivity index (χ3v) is 3.53. The van der Waals surface area contributed by atoms with Crippen LogP contribution in [-0.4, -0.2) is 12.0 Å². The highest BCUT2D eigenvalue weighted by Crippen LogP contribution is 2.22. The predicted octanol–water partition coefficient (Wildman–Crippen LogP) is 4.18. The molecule has 0 saturated carbocycles. The largest absolute Gasteiger partial charge is 0.370 e. The van der Waals surface area contributed by atoms with Gasteiger partial charge in [-0.1, -0.05) is 36.4 Å². The van der Waals surface area contributed by atoms with Crippen molar-refractivity contribution in [3.63, 3.8) is 0 Å². The van der Waals surface area contributed by atoms with E-state index in [0.29, 0.717) is 0 Å². The van der Waals surface area contributed by atoms with Crippen LogP contribution in [0.1, 0.15) is 11.1 Å². The molecule has 0 N–H and O–H groups in total. The van der Waals surface area contributed by atoms with E-state index in [4.69, 9.17) is 0 Å². The molecule has 0 aliphatic carbocycles. The molecule has 2 heteroatoms. The van der Waals surface area contributed by atoms with Crippen LogP contribution < -0.4 is 4.90 Å². The van der Waals surface area contributed by atoms with E-state index in [1.54, 1.807) is 0 Å². The molecule has 1 aromatic heterocycles. The first-order valence-corrected chi connectivity index (χ1v) is 6.83. The van der Waals surface area contributed by atoms with E-state index in [1.807, 2.05) is 12.4 Å². The fraction of sp³-hybridized carbons (Fsp3) is 0.167. The molecule has 0 saturated heterocycles. The van der Waals surface area contributed by atoms with Gasteiger partial charge in [-0.3, -0.25) is 4.98 Å². The van der Waals surface area contributed by atoms with E-state index in [-0.39, 0.29) is 0 Å². The lowest BCUT2D eigenvalue weighted by molar-refractivity contribution is 0.914. The Bertz CT molecular complexity index is 734. The molecule has 0 aliphatic rings. The Balaban J connectivity index is 1.86. The highest BCUT2D eigenvalue weighted by Gasteiger charge is 2.04. The number of aromatic nitrogens is 1. The summed E-state index contributed by atoms with van der Waals surface area (Å²) in [5, 5.41) is 2.56. The first-order chi connectivity index (χ1) is 9.72. The number of benzene rings is 2. The predicted molar refractivity (Wildman–Crippen MR) is 85.0 cm³/mol. The number of fused-ring (bicyclic) bond motifs is 1. The Hall–Kier alpha value is -2.35. The molecule has 0 amide bonds. The Morgan fingerprint density at radius 2 is 1.75 bits per heavy atom. The summed E-state index contributed by atoms with van der Waals surface area (Å²) in [4.78, 5) is 6.51. The summed E-state index contributed by atoms with van der Waals surface area (Å²) < 4.78 is 0. The van der Waals surface area contributed by atoms with Gasteiger partial charge in [0.05, 0.1) is 0 Å². The smallest absolute Gasteiger partial charge is 0.0441 e. The van der Waals surface area contributed by atoms with Gasteiger partial charge < -0.3 is 4.90 Å². The monoisotopic (exact) mass is 262 g/mol. The van der Waals surface area contributed by atoms with Crippen molar-refractivity contribution < 1.29 is 0 Å². The van der Waals surface area contributed by atoms with Crippen LogP contribution >= 0.6 is 0 Å². The second kappa shape index (κ2) is 5.33. The average molecular weight is 262 g/mol. The standard InChI is InChI=1S/C18H18N2/c1-14-9-15(12-19-11-14)13-20(2)18-8-7-16-5-3-4-6-17(16)10-18/h3-12H,13H2,1-2H3. The van der Waals surface area contributed by atoms with Crippen molar-refractivity contribution in [3.8, 4) is 0 Å².